The monoisotopic (exact) mass is 420 g/mol. The van der Waals surface area contributed by atoms with Crippen LogP contribution in [0.5, 0.6) is 0 Å². The third kappa shape index (κ3) is 2.50. The van der Waals surface area contributed by atoms with Gasteiger partial charge in [0, 0.05) is 24.0 Å². The lowest BCUT2D eigenvalue weighted by Crippen LogP contribution is -2.33. The number of carbonyl (C=O) groups is 2. The van der Waals surface area contributed by atoms with E-state index >= 15 is 0 Å². The number of nitro groups is 1. The molecule has 1 aliphatic heterocycles. The molecule has 0 unspecified atom stereocenters. The molecule has 0 radical (unpaired) electrons. The smallest absolute Gasteiger partial charge is 0.271 e. The standard InChI is InChI=1S/C23H17ClN2O4/c1-12(13-5-3-2-4-6-13)19-15-8-9-16(19)21-20(15)22(27)25(23(21)28)18-11-14(26(29)30)7-10-17(18)24/h2-11,15-16,20-21H,1H3/t15-,16-,20+,21+/m1/s1. The van der Waals surface area contributed by atoms with E-state index in [1.165, 1.54) is 18.2 Å². The van der Waals surface area contributed by atoms with Gasteiger partial charge in [0.05, 0.1) is 27.5 Å². The van der Waals surface area contributed by atoms with Crippen molar-refractivity contribution in [3.63, 3.8) is 0 Å². The molecule has 2 bridgehead atoms. The van der Waals surface area contributed by atoms with E-state index in [0.717, 1.165) is 21.6 Å². The molecule has 7 heteroatoms. The molecule has 0 N–H and O–H groups in total. The fraction of sp³-hybridized carbons (Fsp3) is 0.217. The average molecular weight is 421 g/mol. The van der Waals surface area contributed by atoms with Gasteiger partial charge in [0.15, 0.2) is 0 Å². The summed E-state index contributed by atoms with van der Waals surface area (Å²) in [5.74, 6) is -2.00. The number of hydrogen-bond donors (Lipinski definition) is 0. The van der Waals surface area contributed by atoms with Crippen LogP contribution in [0, 0.1) is 33.8 Å². The molecule has 2 aromatic carbocycles. The maximum absolute atomic E-state index is 13.3. The number of nitrogens with zero attached hydrogens (tertiary/aromatic N) is 2. The van der Waals surface area contributed by atoms with Gasteiger partial charge in [0.1, 0.15) is 0 Å². The largest absolute Gasteiger partial charge is 0.274 e. The normalized spacial score (nSPS) is 26.5. The lowest BCUT2D eigenvalue weighted by molar-refractivity contribution is -0.384. The Labute approximate surface area is 177 Å². The zero-order chi connectivity index (χ0) is 21.2. The molecule has 6 nitrogen and oxygen atoms in total. The van der Waals surface area contributed by atoms with Crippen LogP contribution in [0.2, 0.25) is 5.02 Å². The summed E-state index contributed by atoms with van der Waals surface area (Å²) in [7, 11) is 0. The van der Waals surface area contributed by atoms with Crippen LogP contribution in [0.25, 0.3) is 5.57 Å². The van der Waals surface area contributed by atoms with E-state index in [0.29, 0.717) is 0 Å². The summed E-state index contributed by atoms with van der Waals surface area (Å²) in [5, 5.41) is 11.3. The molecule has 3 aliphatic rings. The Bertz CT molecular complexity index is 1140. The maximum atomic E-state index is 13.3. The minimum Gasteiger partial charge on any atom is -0.274 e. The molecule has 1 saturated carbocycles. The van der Waals surface area contributed by atoms with Gasteiger partial charge in [-0.1, -0.05) is 59.7 Å². The highest BCUT2D eigenvalue weighted by Crippen LogP contribution is 2.58. The topological polar surface area (TPSA) is 80.5 Å². The van der Waals surface area contributed by atoms with Gasteiger partial charge in [-0.2, -0.15) is 0 Å². The highest BCUT2D eigenvalue weighted by atomic mass is 35.5. The summed E-state index contributed by atoms with van der Waals surface area (Å²) in [4.78, 5) is 38.3. The van der Waals surface area contributed by atoms with Crippen LogP contribution in [0.1, 0.15) is 12.5 Å². The molecule has 1 heterocycles. The van der Waals surface area contributed by atoms with Gasteiger partial charge < -0.3 is 0 Å². The number of hydrogen-bond acceptors (Lipinski definition) is 4. The summed E-state index contributed by atoms with van der Waals surface area (Å²) in [6, 6.07) is 13.7. The Morgan fingerprint density at radius 1 is 1.00 bits per heavy atom. The van der Waals surface area contributed by atoms with Gasteiger partial charge in [-0.05, 0) is 24.1 Å². The molecule has 5 rings (SSSR count). The number of nitro benzene ring substituents is 1. The number of allylic oxidation sites excluding steroid dienone is 4. The molecule has 2 aliphatic carbocycles. The van der Waals surface area contributed by atoms with Crippen molar-refractivity contribution in [3.8, 4) is 0 Å². The first-order valence-electron chi connectivity index (χ1n) is 9.66. The van der Waals surface area contributed by atoms with Crippen LogP contribution < -0.4 is 4.90 Å². The Morgan fingerprint density at radius 2 is 1.60 bits per heavy atom. The SMILES string of the molecule is CC(=C1[C@H]2C=C[C@H]1[C@@H]1C(=O)N(c3cc([N+](=O)[O-])ccc3Cl)C(=O)[C@H]12)c1ccccc1. The number of imide groups is 1. The molecule has 30 heavy (non-hydrogen) atoms. The first-order chi connectivity index (χ1) is 14.4. The first kappa shape index (κ1) is 18.8. The van der Waals surface area contributed by atoms with Gasteiger partial charge in [0.2, 0.25) is 11.8 Å². The number of non-ortho nitro benzene ring substituents is 1. The Kier molecular flexibility index (Phi) is 4.15. The van der Waals surface area contributed by atoms with Gasteiger partial charge in [-0.3, -0.25) is 19.7 Å². The predicted octanol–water partition coefficient (Wildman–Crippen LogP) is 4.64. The number of amides is 2. The van der Waals surface area contributed by atoms with Crippen molar-refractivity contribution < 1.29 is 14.5 Å². The van der Waals surface area contributed by atoms with Crippen molar-refractivity contribution in [1.29, 1.82) is 0 Å². The minimum atomic E-state index is -0.568. The fourth-order valence-corrected chi connectivity index (χ4v) is 5.34. The summed E-state index contributed by atoms with van der Waals surface area (Å²) in [5.41, 5.74) is 3.14. The van der Waals surface area contributed by atoms with E-state index in [1.807, 2.05) is 49.4 Å². The van der Waals surface area contributed by atoms with E-state index in [4.69, 9.17) is 11.6 Å². The van der Waals surface area contributed by atoms with Crippen LogP contribution in [-0.4, -0.2) is 16.7 Å². The maximum Gasteiger partial charge on any atom is 0.271 e. The van der Waals surface area contributed by atoms with Gasteiger partial charge >= 0.3 is 0 Å². The Morgan fingerprint density at radius 3 is 2.17 bits per heavy atom. The molecule has 2 aromatic rings. The van der Waals surface area contributed by atoms with E-state index in [-0.39, 0.29) is 40.0 Å². The van der Waals surface area contributed by atoms with Crippen molar-refractivity contribution in [2.24, 2.45) is 23.7 Å². The number of rotatable bonds is 3. The molecular weight excluding hydrogens is 404 g/mol. The summed E-state index contributed by atoms with van der Waals surface area (Å²) in [6.07, 6.45) is 4.02. The highest BCUT2D eigenvalue weighted by Gasteiger charge is 2.62. The molecule has 0 spiro atoms. The van der Waals surface area contributed by atoms with Crippen molar-refractivity contribution in [1.82, 2.24) is 0 Å². The summed E-state index contributed by atoms with van der Waals surface area (Å²) >= 11 is 6.22. The van der Waals surface area contributed by atoms with Gasteiger partial charge in [0.25, 0.3) is 5.69 Å². The average Bonchev–Trinajstić information content (AvgIpc) is 3.38. The van der Waals surface area contributed by atoms with Crippen molar-refractivity contribution >= 4 is 40.4 Å². The molecule has 2 amide bonds. The molecule has 4 atom stereocenters. The van der Waals surface area contributed by atoms with E-state index in [2.05, 4.69) is 0 Å². The third-order valence-electron chi connectivity index (χ3n) is 6.44. The lowest BCUT2D eigenvalue weighted by Gasteiger charge is -2.20. The van der Waals surface area contributed by atoms with Crippen LogP contribution in [0.3, 0.4) is 0 Å². The number of carbonyl (C=O) groups excluding carboxylic acids is 2. The van der Waals surface area contributed by atoms with Gasteiger partial charge in [-0.25, -0.2) is 4.90 Å². The number of anilines is 1. The number of fused-ring (bicyclic) bond motifs is 5. The summed E-state index contributed by atoms with van der Waals surface area (Å²) < 4.78 is 0. The van der Waals surface area contributed by atoms with Crippen LogP contribution in [0.15, 0.2) is 66.3 Å². The zero-order valence-electron chi connectivity index (χ0n) is 16.0. The third-order valence-corrected chi connectivity index (χ3v) is 6.76. The van der Waals surface area contributed by atoms with Crippen LogP contribution in [0.4, 0.5) is 11.4 Å². The van der Waals surface area contributed by atoms with Crippen LogP contribution in [-0.2, 0) is 9.59 Å². The first-order valence-corrected chi connectivity index (χ1v) is 10.0. The molecule has 0 aromatic heterocycles. The second-order valence-corrected chi connectivity index (χ2v) is 8.25. The second kappa shape index (κ2) is 6.64. The zero-order valence-corrected chi connectivity index (χ0v) is 16.7. The highest BCUT2D eigenvalue weighted by molar-refractivity contribution is 6.36. The van der Waals surface area contributed by atoms with Crippen molar-refractivity contribution in [3.05, 3.63) is 87.0 Å². The number of halogens is 1. The number of benzene rings is 2. The van der Waals surface area contributed by atoms with Gasteiger partial charge in [-0.15, -0.1) is 0 Å². The second-order valence-electron chi connectivity index (χ2n) is 7.84. The van der Waals surface area contributed by atoms with E-state index in [9.17, 15) is 19.7 Å². The lowest BCUT2D eigenvalue weighted by atomic mass is 9.85. The molecule has 2 fully saturated rings. The molecule has 1 saturated heterocycles. The van der Waals surface area contributed by atoms with Crippen molar-refractivity contribution in [2.45, 2.75) is 6.92 Å². The predicted molar refractivity (Wildman–Crippen MR) is 113 cm³/mol. The molecular formula is C23H17ClN2O4. The van der Waals surface area contributed by atoms with E-state index < -0.39 is 16.8 Å². The quantitative estimate of drug-likeness (QED) is 0.313. The molecule has 150 valence electrons. The Balaban J connectivity index is 1.56. The van der Waals surface area contributed by atoms with Crippen LogP contribution >= 0.6 is 11.6 Å². The minimum absolute atomic E-state index is 0.0833. The fourth-order valence-electron chi connectivity index (χ4n) is 5.14. The summed E-state index contributed by atoms with van der Waals surface area (Å²) in [6.45, 7) is 2.03. The van der Waals surface area contributed by atoms with Crippen molar-refractivity contribution in [2.75, 3.05) is 4.90 Å². The Hall–Kier alpha value is -3.25. The van der Waals surface area contributed by atoms with E-state index in [1.54, 1.807) is 0 Å².